The fourth-order valence-electron chi connectivity index (χ4n) is 3.84. The summed E-state index contributed by atoms with van der Waals surface area (Å²) in [4.78, 5) is 27.9. The largest absolute Gasteiger partial charge is 1.00 e. The van der Waals surface area contributed by atoms with Crippen LogP contribution in [0.5, 0.6) is 0 Å². The molecule has 0 radical (unpaired) electrons. The molecule has 1 N–H and O–H groups in total. The normalized spacial score (nSPS) is 20.2. The number of hydrogen-bond donors (Lipinski definition) is 1. The first-order chi connectivity index (χ1) is 15.1. The van der Waals surface area contributed by atoms with E-state index in [0.29, 0.717) is 17.5 Å². The van der Waals surface area contributed by atoms with Crippen LogP contribution in [-0.4, -0.2) is 89.8 Å². The van der Waals surface area contributed by atoms with Gasteiger partial charge in [-0.1, -0.05) is 11.8 Å². The molecule has 1 aromatic rings. The number of rotatable bonds is 6. The van der Waals surface area contributed by atoms with E-state index in [0.717, 1.165) is 38.3 Å². The Labute approximate surface area is 207 Å². The summed E-state index contributed by atoms with van der Waals surface area (Å²) in [5.74, 6) is 10.8. The Morgan fingerprint density at radius 1 is 1.33 bits per heavy atom. The Morgan fingerprint density at radius 2 is 2.03 bits per heavy atom. The third-order valence-corrected chi connectivity index (χ3v) is 8.47. The molecule has 0 aromatic carbocycles. The second kappa shape index (κ2) is 9.58. The number of aliphatic carboxylic acids is 1. The van der Waals surface area contributed by atoms with Crippen LogP contribution in [0.15, 0.2) is 12.3 Å². The van der Waals surface area contributed by atoms with Crippen molar-refractivity contribution in [3.63, 3.8) is 0 Å². The van der Waals surface area contributed by atoms with Crippen LogP contribution in [0.25, 0.3) is 0 Å². The second-order valence-corrected chi connectivity index (χ2v) is 11.2. The number of carboxylic acid groups (broad SMARTS) is 1. The predicted molar refractivity (Wildman–Crippen MR) is 117 cm³/mol. The Kier molecular flexibility index (Phi) is 7.38. The summed E-state index contributed by atoms with van der Waals surface area (Å²) in [6, 6.07) is 2.01. The Morgan fingerprint density at radius 3 is 2.58 bits per heavy atom. The van der Waals surface area contributed by atoms with Gasteiger partial charge >= 0.3 is 30.9 Å². The van der Waals surface area contributed by atoms with Gasteiger partial charge in [-0.2, -0.15) is 0 Å². The topological polar surface area (TPSA) is 109 Å². The van der Waals surface area contributed by atoms with E-state index in [2.05, 4.69) is 28.6 Å². The summed E-state index contributed by atoms with van der Waals surface area (Å²) in [5.41, 5.74) is 1.40. The van der Waals surface area contributed by atoms with Crippen LogP contribution in [0.1, 0.15) is 26.0 Å². The number of amides is 1. The van der Waals surface area contributed by atoms with Crippen molar-refractivity contribution in [2.45, 2.75) is 30.7 Å². The average molecular weight is 467 g/mol. The summed E-state index contributed by atoms with van der Waals surface area (Å²) in [5, 5.41) is 9.36. The number of likely N-dealkylation sites (tertiary alicyclic amines) is 1. The molecule has 9 nitrogen and oxygen atoms in total. The minimum absolute atomic E-state index is 0. The fraction of sp³-hybridized carbons (Fsp3) is 0.545. The zero-order valence-electron chi connectivity index (χ0n) is 20.0. The van der Waals surface area contributed by atoms with Gasteiger partial charge in [0, 0.05) is 49.3 Å². The molecular weight excluding hydrogens is 441 g/mol. The van der Waals surface area contributed by atoms with Crippen molar-refractivity contribution in [2.24, 2.45) is 5.92 Å². The quantitative estimate of drug-likeness (QED) is 0.360. The molecule has 33 heavy (non-hydrogen) atoms. The van der Waals surface area contributed by atoms with E-state index < -0.39 is 20.6 Å². The van der Waals surface area contributed by atoms with Gasteiger partial charge in [0.15, 0.2) is 14.6 Å². The molecule has 3 aliphatic heterocycles. The van der Waals surface area contributed by atoms with Crippen LogP contribution in [0.2, 0.25) is 0 Å². The minimum Gasteiger partial charge on any atom is -1.00 e. The maximum Gasteiger partial charge on any atom is 1.00 e. The maximum absolute atomic E-state index is 12.6. The first kappa shape index (κ1) is 25.4. The third kappa shape index (κ3) is 5.01. The van der Waals surface area contributed by atoms with Gasteiger partial charge in [-0.15, -0.1) is 0 Å². The third-order valence-electron chi connectivity index (χ3n) is 6.45. The number of aromatic nitrogens is 1. The number of fused-ring (bicyclic) bond motifs is 1. The molecule has 2 fully saturated rings. The van der Waals surface area contributed by atoms with E-state index >= 15 is 0 Å². The van der Waals surface area contributed by atoms with E-state index in [1.807, 2.05) is 0 Å². The molecule has 1 amide bonds. The van der Waals surface area contributed by atoms with Crippen LogP contribution in [0, 0.1) is 29.6 Å². The number of carboxylic acids is 1. The van der Waals surface area contributed by atoms with Crippen molar-refractivity contribution < 1.29 is 48.1 Å². The number of nitrogens with zero attached hydrogens (tertiary/aromatic N) is 3. The van der Waals surface area contributed by atoms with Gasteiger partial charge in [0.25, 0.3) is 0 Å². The number of ether oxygens (including phenoxy) is 1. The van der Waals surface area contributed by atoms with Gasteiger partial charge in [0.2, 0.25) is 0 Å². The standard InChI is InChI=1S/C22H25N3O6S.Li.H/c1-22(20(26)27,32(2,29)30)7-8-23-13-18-9-16(12-25(18)21(23)28)5-3-4-6-17-10-24(11-17)19-14-31-15-19;;/h9,12,17,19H,7-8,10-11,13-15H2,1-2H3,(H,26,27);;/q;+1;-1/t22-;;/m1../s1. The van der Waals surface area contributed by atoms with Crippen molar-refractivity contribution in [1.29, 1.82) is 0 Å². The molecule has 0 saturated carbocycles. The molecule has 172 valence electrons. The Bertz CT molecular complexity index is 1180. The van der Waals surface area contributed by atoms with E-state index in [1.165, 1.54) is 16.4 Å². The van der Waals surface area contributed by atoms with Crippen molar-refractivity contribution >= 4 is 21.8 Å². The zero-order valence-corrected chi connectivity index (χ0v) is 19.8. The first-order valence-corrected chi connectivity index (χ1v) is 12.2. The SMILES string of the molecule is C[C@@](CCN1Cc2cc(C#CC#CC3CN(C4COC4)C3)cn2C1=O)(C(=O)O)S(C)(=O)=O.[H-].[Li+]. The van der Waals surface area contributed by atoms with Crippen LogP contribution < -0.4 is 18.9 Å². The molecule has 0 bridgehead atoms. The van der Waals surface area contributed by atoms with E-state index in [4.69, 9.17) is 4.74 Å². The molecular formula is C22H26LiN3O6S. The molecule has 3 aliphatic rings. The fourth-order valence-corrected chi connectivity index (χ4v) is 4.62. The predicted octanol–water partition coefficient (Wildman–Crippen LogP) is -2.65. The van der Waals surface area contributed by atoms with Gasteiger partial charge in [0.1, 0.15) is 0 Å². The van der Waals surface area contributed by atoms with E-state index in [1.54, 1.807) is 12.3 Å². The van der Waals surface area contributed by atoms with E-state index in [9.17, 15) is 23.1 Å². The molecule has 1 atom stereocenters. The molecule has 1 aromatic heterocycles. The van der Waals surface area contributed by atoms with Crippen molar-refractivity contribution in [1.82, 2.24) is 14.4 Å². The van der Waals surface area contributed by atoms with Crippen LogP contribution in [0.4, 0.5) is 4.79 Å². The van der Waals surface area contributed by atoms with Gasteiger partial charge in [-0.05, 0) is 31.3 Å². The van der Waals surface area contributed by atoms with Crippen molar-refractivity contribution in [2.75, 3.05) is 39.1 Å². The summed E-state index contributed by atoms with van der Waals surface area (Å²) in [6.07, 6.45) is 2.34. The molecule has 4 heterocycles. The molecule has 11 heteroatoms. The van der Waals surface area contributed by atoms with Gasteiger partial charge < -0.3 is 16.2 Å². The molecule has 0 unspecified atom stereocenters. The number of hydrogen-bond acceptors (Lipinski definition) is 6. The molecule has 0 aliphatic carbocycles. The van der Waals surface area contributed by atoms with Gasteiger partial charge in [-0.3, -0.25) is 14.3 Å². The Balaban J connectivity index is 0.00000204. The summed E-state index contributed by atoms with van der Waals surface area (Å²) in [6.45, 7) is 4.99. The van der Waals surface area contributed by atoms with Crippen LogP contribution >= 0.6 is 0 Å². The van der Waals surface area contributed by atoms with Crippen LogP contribution in [-0.2, 0) is 25.9 Å². The van der Waals surface area contributed by atoms with Crippen LogP contribution in [0.3, 0.4) is 0 Å². The molecule has 2 saturated heterocycles. The van der Waals surface area contributed by atoms with E-state index in [-0.39, 0.29) is 45.8 Å². The smallest absolute Gasteiger partial charge is 1.00 e. The Hall–Kier alpha value is -2.19. The number of carbonyl (C=O) groups is 2. The minimum atomic E-state index is -3.84. The summed E-state index contributed by atoms with van der Waals surface area (Å²) in [7, 11) is -3.84. The monoisotopic (exact) mass is 467 g/mol. The first-order valence-electron chi connectivity index (χ1n) is 10.4. The number of carbonyl (C=O) groups excluding carboxylic acids is 1. The molecule has 4 rings (SSSR count). The summed E-state index contributed by atoms with van der Waals surface area (Å²) >= 11 is 0. The maximum atomic E-state index is 12.6. The summed E-state index contributed by atoms with van der Waals surface area (Å²) < 4.78 is 28.6. The van der Waals surface area contributed by atoms with Gasteiger partial charge in [0.05, 0.1) is 25.8 Å². The second-order valence-electron chi connectivity index (χ2n) is 8.71. The number of sulfone groups is 1. The van der Waals surface area contributed by atoms with Crippen molar-refractivity contribution in [3.05, 3.63) is 23.5 Å². The molecule has 0 spiro atoms. The zero-order chi connectivity index (χ0) is 23.1. The van der Waals surface area contributed by atoms with Gasteiger partial charge in [-0.25, -0.2) is 13.2 Å². The van der Waals surface area contributed by atoms with Crippen molar-refractivity contribution in [3.8, 4) is 23.7 Å². The average Bonchev–Trinajstić information content (AvgIpc) is 3.16.